The molecule has 8 nitrogen and oxygen atoms in total. The number of carbonyl (C=O) groups excluding carboxylic acids is 2. The maximum atomic E-state index is 12.9. The molecule has 0 fully saturated rings. The SMILES string of the molecule is Cc1ccccc1OCCC(=O)NNC(=O)c1nn(Cc2ccccc2)c(=O)c2ccccc12. The fraction of sp³-hybridized carbons (Fsp3) is 0.154. The first kappa shape index (κ1) is 22.7. The largest absolute Gasteiger partial charge is 0.493 e. The lowest BCUT2D eigenvalue weighted by molar-refractivity contribution is -0.122. The molecule has 34 heavy (non-hydrogen) atoms. The van der Waals surface area contributed by atoms with Crippen LogP contribution >= 0.6 is 0 Å². The van der Waals surface area contributed by atoms with Crippen LogP contribution in [0.25, 0.3) is 10.8 Å². The predicted molar refractivity (Wildman–Crippen MR) is 128 cm³/mol. The summed E-state index contributed by atoms with van der Waals surface area (Å²) < 4.78 is 6.87. The number of rotatable bonds is 7. The zero-order valence-corrected chi connectivity index (χ0v) is 18.7. The van der Waals surface area contributed by atoms with Crippen molar-refractivity contribution < 1.29 is 14.3 Å². The summed E-state index contributed by atoms with van der Waals surface area (Å²) in [6.07, 6.45) is 0.0519. The molecule has 0 aliphatic carbocycles. The third kappa shape index (κ3) is 5.29. The molecule has 0 aliphatic rings. The highest BCUT2D eigenvalue weighted by atomic mass is 16.5. The normalized spacial score (nSPS) is 10.6. The molecule has 0 atom stereocenters. The number of para-hydroxylation sites is 1. The first-order chi connectivity index (χ1) is 16.5. The Hall–Kier alpha value is -4.46. The van der Waals surface area contributed by atoms with Gasteiger partial charge in [0.2, 0.25) is 5.91 Å². The summed E-state index contributed by atoms with van der Waals surface area (Å²) in [5.74, 6) is -0.328. The zero-order valence-electron chi connectivity index (χ0n) is 18.7. The number of amides is 2. The molecule has 1 aromatic heterocycles. The fourth-order valence-corrected chi connectivity index (χ4v) is 3.49. The van der Waals surface area contributed by atoms with E-state index in [1.165, 1.54) is 4.68 Å². The molecule has 0 spiro atoms. The number of carbonyl (C=O) groups is 2. The topological polar surface area (TPSA) is 102 Å². The van der Waals surface area contributed by atoms with E-state index in [0.29, 0.717) is 16.5 Å². The van der Waals surface area contributed by atoms with Crippen molar-refractivity contribution in [3.05, 3.63) is 106 Å². The van der Waals surface area contributed by atoms with Gasteiger partial charge in [-0.25, -0.2) is 4.68 Å². The number of aromatic nitrogens is 2. The summed E-state index contributed by atoms with van der Waals surface area (Å²) in [5, 5.41) is 5.08. The summed E-state index contributed by atoms with van der Waals surface area (Å²) in [4.78, 5) is 38.0. The number of hydrogen-bond acceptors (Lipinski definition) is 5. The maximum absolute atomic E-state index is 12.9. The molecule has 0 saturated carbocycles. The second kappa shape index (κ2) is 10.4. The van der Waals surface area contributed by atoms with E-state index < -0.39 is 11.8 Å². The maximum Gasteiger partial charge on any atom is 0.290 e. The molecule has 0 saturated heterocycles. The highest BCUT2D eigenvalue weighted by Crippen LogP contribution is 2.16. The third-order valence-electron chi connectivity index (χ3n) is 5.25. The number of hydrogen-bond donors (Lipinski definition) is 2. The van der Waals surface area contributed by atoms with E-state index >= 15 is 0 Å². The van der Waals surface area contributed by atoms with Gasteiger partial charge in [-0.3, -0.25) is 25.2 Å². The number of benzene rings is 3. The van der Waals surface area contributed by atoms with Gasteiger partial charge in [0.05, 0.1) is 25.0 Å². The molecule has 172 valence electrons. The van der Waals surface area contributed by atoms with Gasteiger partial charge in [-0.1, -0.05) is 66.7 Å². The van der Waals surface area contributed by atoms with Crippen LogP contribution in [0.15, 0.2) is 83.7 Å². The molecular formula is C26H24N4O4. The molecule has 0 aliphatic heterocycles. The minimum absolute atomic E-state index is 0.0441. The molecule has 2 N–H and O–H groups in total. The Kier molecular flexibility index (Phi) is 6.98. The van der Waals surface area contributed by atoms with E-state index in [1.54, 1.807) is 24.3 Å². The monoisotopic (exact) mass is 456 g/mol. The smallest absolute Gasteiger partial charge is 0.290 e. The van der Waals surface area contributed by atoms with Crippen molar-refractivity contribution in [1.82, 2.24) is 20.6 Å². The Morgan fingerprint density at radius 3 is 2.32 bits per heavy atom. The van der Waals surface area contributed by atoms with E-state index in [1.807, 2.05) is 61.5 Å². The van der Waals surface area contributed by atoms with Gasteiger partial charge >= 0.3 is 0 Å². The van der Waals surface area contributed by atoms with E-state index in [0.717, 1.165) is 11.1 Å². The van der Waals surface area contributed by atoms with Gasteiger partial charge in [0.25, 0.3) is 11.5 Å². The molecule has 0 unspecified atom stereocenters. The number of nitrogens with one attached hydrogen (secondary N) is 2. The van der Waals surface area contributed by atoms with Gasteiger partial charge in [-0.05, 0) is 30.2 Å². The molecule has 8 heteroatoms. The van der Waals surface area contributed by atoms with E-state index in [-0.39, 0.29) is 30.8 Å². The van der Waals surface area contributed by atoms with Crippen LogP contribution in [0.5, 0.6) is 5.75 Å². The minimum atomic E-state index is -0.619. The fourth-order valence-electron chi connectivity index (χ4n) is 3.49. The van der Waals surface area contributed by atoms with Gasteiger partial charge in [-0.15, -0.1) is 0 Å². The number of fused-ring (bicyclic) bond motifs is 1. The van der Waals surface area contributed by atoms with Crippen LogP contribution in [0.3, 0.4) is 0 Å². The van der Waals surface area contributed by atoms with Gasteiger partial charge in [0.15, 0.2) is 5.69 Å². The van der Waals surface area contributed by atoms with Crippen LogP contribution in [0, 0.1) is 6.92 Å². The second-order valence-corrected chi connectivity index (χ2v) is 7.71. The number of aryl methyl sites for hydroxylation is 1. The molecule has 3 aromatic carbocycles. The summed E-state index contributed by atoms with van der Waals surface area (Å²) >= 11 is 0. The molecular weight excluding hydrogens is 432 g/mol. The number of nitrogens with zero attached hydrogens (tertiary/aromatic N) is 2. The number of hydrazine groups is 1. The second-order valence-electron chi connectivity index (χ2n) is 7.71. The average Bonchev–Trinajstić information content (AvgIpc) is 2.86. The Morgan fingerprint density at radius 2 is 1.56 bits per heavy atom. The Morgan fingerprint density at radius 1 is 0.882 bits per heavy atom. The van der Waals surface area contributed by atoms with Crippen molar-refractivity contribution in [2.24, 2.45) is 0 Å². The summed E-state index contributed by atoms with van der Waals surface area (Å²) in [7, 11) is 0. The summed E-state index contributed by atoms with van der Waals surface area (Å²) in [6.45, 7) is 2.30. The average molecular weight is 457 g/mol. The molecule has 4 aromatic rings. The first-order valence-corrected chi connectivity index (χ1v) is 10.8. The van der Waals surface area contributed by atoms with Crippen LogP contribution in [0.1, 0.15) is 28.0 Å². The quantitative estimate of drug-likeness (QED) is 0.416. The van der Waals surface area contributed by atoms with Crippen molar-refractivity contribution in [3.8, 4) is 5.75 Å². The van der Waals surface area contributed by atoms with Crippen LogP contribution < -0.4 is 21.1 Å². The molecule has 2 amide bonds. The lowest BCUT2D eigenvalue weighted by Gasteiger charge is -2.12. The van der Waals surface area contributed by atoms with Crippen LogP contribution in [0.4, 0.5) is 0 Å². The predicted octanol–water partition coefficient (Wildman–Crippen LogP) is 2.98. The van der Waals surface area contributed by atoms with E-state index in [4.69, 9.17) is 4.74 Å². The lowest BCUT2D eigenvalue weighted by atomic mass is 10.1. The highest BCUT2D eigenvalue weighted by Gasteiger charge is 2.17. The van der Waals surface area contributed by atoms with Gasteiger partial charge in [0, 0.05) is 5.39 Å². The zero-order chi connectivity index (χ0) is 23.9. The number of ether oxygens (including phenoxy) is 1. The Labute approximate surface area is 196 Å². The lowest BCUT2D eigenvalue weighted by Crippen LogP contribution is -2.43. The van der Waals surface area contributed by atoms with E-state index in [9.17, 15) is 14.4 Å². The first-order valence-electron chi connectivity index (χ1n) is 10.8. The van der Waals surface area contributed by atoms with Crippen LogP contribution in [-0.2, 0) is 11.3 Å². The Bertz CT molecular complexity index is 1380. The molecule has 0 bridgehead atoms. The minimum Gasteiger partial charge on any atom is -0.493 e. The van der Waals surface area contributed by atoms with E-state index in [2.05, 4.69) is 16.0 Å². The summed E-state index contributed by atoms with van der Waals surface area (Å²) in [5.41, 5.74) is 6.37. The van der Waals surface area contributed by atoms with Crippen molar-refractivity contribution >= 4 is 22.6 Å². The van der Waals surface area contributed by atoms with Gasteiger partial charge in [0.1, 0.15) is 5.75 Å². The third-order valence-corrected chi connectivity index (χ3v) is 5.25. The molecule has 0 radical (unpaired) electrons. The summed E-state index contributed by atoms with van der Waals surface area (Å²) in [6, 6.07) is 23.7. The van der Waals surface area contributed by atoms with Crippen molar-refractivity contribution in [2.75, 3.05) is 6.61 Å². The van der Waals surface area contributed by atoms with Gasteiger partial charge < -0.3 is 4.74 Å². The Balaban J connectivity index is 1.45. The van der Waals surface area contributed by atoms with Crippen molar-refractivity contribution in [1.29, 1.82) is 0 Å². The highest BCUT2D eigenvalue weighted by molar-refractivity contribution is 6.05. The van der Waals surface area contributed by atoms with Crippen molar-refractivity contribution in [3.63, 3.8) is 0 Å². The molecule has 1 heterocycles. The standard InChI is InChI=1S/C26H24N4O4/c1-18-9-5-8-14-22(18)34-16-15-23(31)27-28-25(32)24-20-12-6-7-13-21(20)26(33)30(29-24)17-19-10-3-2-4-11-19/h2-14H,15-17H2,1H3,(H,27,31)(H,28,32). The van der Waals surface area contributed by atoms with Crippen LogP contribution in [-0.4, -0.2) is 28.2 Å². The van der Waals surface area contributed by atoms with Gasteiger partial charge in [-0.2, -0.15) is 5.10 Å². The van der Waals surface area contributed by atoms with Crippen molar-refractivity contribution in [2.45, 2.75) is 19.9 Å². The van der Waals surface area contributed by atoms with Crippen LogP contribution in [0.2, 0.25) is 0 Å². The molecule has 4 rings (SSSR count).